The van der Waals surface area contributed by atoms with E-state index in [1.807, 2.05) is 5.32 Å². The molecule has 19 heavy (non-hydrogen) atoms. The van der Waals surface area contributed by atoms with Gasteiger partial charge in [0.05, 0.1) is 24.8 Å². The van der Waals surface area contributed by atoms with Crippen molar-refractivity contribution in [2.24, 2.45) is 0 Å². The topological polar surface area (TPSA) is 32.3 Å². The van der Waals surface area contributed by atoms with Gasteiger partial charge in [0.15, 0.2) is 0 Å². The number of hydrogen-bond acceptors (Lipinski definition) is 2. The molecule has 0 radical (unpaired) electrons. The van der Waals surface area contributed by atoms with Crippen LogP contribution in [0.1, 0.15) is 17.2 Å². The Bertz CT molecular complexity index is 414. The van der Waals surface area contributed by atoms with Crippen molar-refractivity contribution in [3.05, 3.63) is 35.4 Å². The minimum Gasteiger partial charge on any atom is -0.394 e. The predicted octanol–water partition coefficient (Wildman–Crippen LogP) is 2.89. The second-order valence-corrected chi connectivity index (χ2v) is 3.82. The smallest absolute Gasteiger partial charge is 0.394 e. The fraction of sp³-hybridized carbons (Fsp3) is 0.455. The lowest BCUT2D eigenvalue weighted by Gasteiger charge is -2.21. The molecule has 0 aliphatic heterocycles. The highest BCUT2D eigenvalue weighted by Gasteiger charge is 2.36. The molecule has 0 heterocycles. The number of nitrogens with one attached hydrogen (secondary N) is 1. The summed E-state index contributed by atoms with van der Waals surface area (Å²) in [6, 6.07) is 2.76. The summed E-state index contributed by atoms with van der Waals surface area (Å²) in [7, 11) is 0. The molecule has 0 aliphatic carbocycles. The zero-order valence-electron chi connectivity index (χ0n) is 9.52. The molecule has 0 bridgehead atoms. The molecule has 1 rings (SSSR count). The summed E-state index contributed by atoms with van der Waals surface area (Å²) in [5, 5.41) is 10.8. The van der Waals surface area contributed by atoms with Crippen molar-refractivity contribution in [2.45, 2.75) is 18.4 Å². The Morgan fingerprint density at radius 3 is 2.11 bits per heavy atom. The van der Waals surface area contributed by atoms with Crippen molar-refractivity contribution in [1.82, 2.24) is 5.32 Å². The van der Waals surface area contributed by atoms with E-state index in [1.54, 1.807) is 0 Å². The lowest BCUT2D eigenvalue weighted by Crippen LogP contribution is -2.34. The van der Waals surface area contributed by atoms with Crippen LogP contribution in [0.4, 0.5) is 26.3 Å². The zero-order chi connectivity index (χ0) is 14.7. The van der Waals surface area contributed by atoms with E-state index in [1.165, 1.54) is 6.07 Å². The van der Waals surface area contributed by atoms with Gasteiger partial charge in [-0.25, -0.2) is 0 Å². The van der Waals surface area contributed by atoms with Crippen molar-refractivity contribution in [1.29, 1.82) is 0 Å². The van der Waals surface area contributed by atoms with Crippen LogP contribution in [0, 0.1) is 0 Å². The summed E-state index contributed by atoms with van der Waals surface area (Å²) in [5.74, 6) is 0. The molecular weight excluding hydrogens is 276 g/mol. The van der Waals surface area contributed by atoms with Crippen molar-refractivity contribution in [3.63, 3.8) is 0 Å². The molecule has 8 heteroatoms. The molecule has 0 spiro atoms. The summed E-state index contributed by atoms with van der Waals surface area (Å²) in [6.45, 7) is -2.35. The van der Waals surface area contributed by atoms with E-state index in [0.717, 1.165) is 18.2 Å². The highest BCUT2D eigenvalue weighted by molar-refractivity contribution is 5.32. The summed E-state index contributed by atoms with van der Waals surface area (Å²) in [6.07, 6.45) is -9.26. The van der Waals surface area contributed by atoms with Crippen LogP contribution in [0.3, 0.4) is 0 Å². The highest BCUT2D eigenvalue weighted by Crippen LogP contribution is 2.34. The fourth-order valence-electron chi connectivity index (χ4n) is 1.57. The number of aliphatic hydroxyl groups is 1. The lowest BCUT2D eigenvalue weighted by molar-refractivity contribution is -0.138. The van der Waals surface area contributed by atoms with Crippen LogP contribution in [0.5, 0.6) is 0 Å². The maximum atomic E-state index is 12.7. The number of rotatable bonds is 4. The molecular formula is C11H11F6NO. The Labute approximate surface area is 105 Å². The quantitative estimate of drug-likeness (QED) is 0.835. The molecule has 2 nitrogen and oxygen atoms in total. The molecule has 0 amide bonds. The number of benzene rings is 1. The fourth-order valence-corrected chi connectivity index (χ4v) is 1.57. The van der Waals surface area contributed by atoms with Crippen LogP contribution < -0.4 is 5.32 Å². The molecule has 0 aliphatic rings. The lowest BCUT2D eigenvalue weighted by atomic mass is 10.0. The molecule has 0 saturated carbocycles. The second-order valence-electron chi connectivity index (χ2n) is 3.82. The van der Waals surface area contributed by atoms with Crippen LogP contribution in [0.25, 0.3) is 0 Å². The van der Waals surface area contributed by atoms with E-state index in [-0.39, 0.29) is 0 Å². The molecule has 0 fully saturated rings. The van der Waals surface area contributed by atoms with Crippen LogP contribution >= 0.6 is 0 Å². The van der Waals surface area contributed by atoms with Crippen molar-refractivity contribution >= 4 is 0 Å². The van der Waals surface area contributed by atoms with Crippen molar-refractivity contribution in [2.75, 3.05) is 13.2 Å². The summed E-state index contributed by atoms with van der Waals surface area (Å²) >= 11 is 0. The highest BCUT2D eigenvalue weighted by atomic mass is 19.4. The Balaban J connectivity index is 2.99. The number of alkyl halides is 6. The SMILES string of the molecule is OCC(NCC(F)(F)F)c1ccccc1C(F)(F)F. The Hall–Kier alpha value is -1.28. The maximum absolute atomic E-state index is 12.7. The van der Waals surface area contributed by atoms with E-state index in [0.29, 0.717) is 0 Å². The van der Waals surface area contributed by atoms with Gasteiger partial charge < -0.3 is 5.11 Å². The molecule has 0 saturated heterocycles. The van der Waals surface area contributed by atoms with Gasteiger partial charge in [-0.1, -0.05) is 18.2 Å². The minimum absolute atomic E-state index is 0.415. The van der Waals surface area contributed by atoms with Gasteiger partial charge in [0.2, 0.25) is 0 Å². The maximum Gasteiger partial charge on any atom is 0.416 e. The molecule has 0 aromatic heterocycles. The molecule has 1 atom stereocenters. The Morgan fingerprint density at radius 2 is 1.63 bits per heavy atom. The Kier molecular flexibility index (Phi) is 4.81. The van der Waals surface area contributed by atoms with Crippen LogP contribution in [0.2, 0.25) is 0 Å². The monoisotopic (exact) mass is 287 g/mol. The van der Waals surface area contributed by atoms with Crippen molar-refractivity contribution in [3.8, 4) is 0 Å². The van der Waals surface area contributed by atoms with Gasteiger partial charge in [-0.15, -0.1) is 0 Å². The predicted molar refractivity (Wildman–Crippen MR) is 55.3 cm³/mol. The Morgan fingerprint density at radius 1 is 1.05 bits per heavy atom. The average molecular weight is 287 g/mol. The minimum atomic E-state index is -4.69. The van der Waals surface area contributed by atoms with Gasteiger partial charge in [-0.3, -0.25) is 5.32 Å². The van der Waals surface area contributed by atoms with E-state index < -0.39 is 42.7 Å². The van der Waals surface area contributed by atoms with Crippen LogP contribution in [0.15, 0.2) is 24.3 Å². The van der Waals surface area contributed by atoms with E-state index in [2.05, 4.69) is 0 Å². The summed E-state index contributed by atoms with van der Waals surface area (Å²) in [5.41, 5.74) is -1.48. The van der Waals surface area contributed by atoms with Gasteiger partial charge in [0.25, 0.3) is 0 Å². The summed E-state index contributed by atoms with van der Waals surface area (Å²) in [4.78, 5) is 0. The molecule has 1 aromatic rings. The first-order chi connectivity index (χ1) is 8.65. The van der Waals surface area contributed by atoms with Gasteiger partial charge in [-0.05, 0) is 11.6 Å². The first-order valence-corrected chi connectivity index (χ1v) is 5.22. The van der Waals surface area contributed by atoms with Crippen molar-refractivity contribution < 1.29 is 31.4 Å². The third-order valence-corrected chi connectivity index (χ3v) is 2.37. The van der Waals surface area contributed by atoms with Gasteiger partial charge >= 0.3 is 12.4 Å². The first-order valence-electron chi connectivity index (χ1n) is 5.22. The van der Waals surface area contributed by atoms with Gasteiger partial charge in [0.1, 0.15) is 0 Å². The largest absolute Gasteiger partial charge is 0.416 e. The normalized spacial score (nSPS) is 14.5. The standard InChI is InChI=1S/C11H11F6NO/c12-10(13,14)6-18-9(5-19)7-3-1-2-4-8(7)11(15,16)17/h1-4,9,18-19H,5-6H2. The third kappa shape index (κ3) is 4.71. The average Bonchev–Trinajstić information content (AvgIpc) is 2.27. The number of halogens is 6. The molecule has 2 N–H and O–H groups in total. The molecule has 1 unspecified atom stereocenters. The van der Waals surface area contributed by atoms with E-state index >= 15 is 0 Å². The van der Waals surface area contributed by atoms with Crippen LogP contribution in [-0.4, -0.2) is 24.4 Å². The van der Waals surface area contributed by atoms with Gasteiger partial charge in [0, 0.05) is 0 Å². The number of aliphatic hydroxyl groups excluding tert-OH is 1. The molecule has 108 valence electrons. The first kappa shape index (κ1) is 15.8. The van der Waals surface area contributed by atoms with Gasteiger partial charge in [-0.2, -0.15) is 26.3 Å². The number of hydrogen-bond donors (Lipinski definition) is 2. The van der Waals surface area contributed by atoms with Crippen LogP contribution in [-0.2, 0) is 6.18 Å². The summed E-state index contributed by atoms with van der Waals surface area (Å²) < 4.78 is 74.2. The van der Waals surface area contributed by atoms with E-state index in [4.69, 9.17) is 5.11 Å². The molecule has 1 aromatic carbocycles. The second kappa shape index (κ2) is 5.79. The van der Waals surface area contributed by atoms with E-state index in [9.17, 15) is 26.3 Å². The zero-order valence-corrected chi connectivity index (χ0v) is 9.52. The third-order valence-electron chi connectivity index (χ3n) is 2.37.